The van der Waals surface area contributed by atoms with Crippen LogP contribution in [-0.2, 0) is 15.9 Å². The highest BCUT2D eigenvalue weighted by atomic mass is 16.5. The molecule has 1 unspecified atom stereocenters. The summed E-state index contributed by atoms with van der Waals surface area (Å²) >= 11 is 0. The van der Waals surface area contributed by atoms with Crippen LogP contribution in [0.1, 0.15) is 24.2 Å². The number of nitrogens with zero attached hydrogens (tertiary/aromatic N) is 3. The lowest BCUT2D eigenvalue weighted by atomic mass is 10.0. The van der Waals surface area contributed by atoms with Gasteiger partial charge < -0.3 is 9.47 Å². The summed E-state index contributed by atoms with van der Waals surface area (Å²) in [4.78, 5) is 11.2. The average Bonchev–Trinajstić information content (AvgIpc) is 2.74. The van der Waals surface area contributed by atoms with Gasteiger partial charge in [-0.2, -0.15) is 0 Å². The van der Waals surface area contributed by atoms with Gasteiger partial charge in [-0.3, -0.25) is 4.90 Å². The highest BCUT2D eigenvalue weighted by Gasteiger charge is 2.26. The number of hydrogen-bond donors (Lipinski definition) is 0. The Bertz CT molecular complexity index is 449. The molecular weight excluding hydrogens is 266 g/mol. The van der Waals surface area contributed by atoms with E-state index < -0.39 is 0 Å². The minimum atomic E-state index is 0.518. The van der Waals surface area contributed by atoms with Crippen molar-refractivity contribution in [3.05, 3.63) is 23.8 Å². The zero-order valence-electron chi connectivity index (χ0n) is 12.8. The highest BCUT2D eigenvalue weighted by molar-refractivity contribution is 5.07. The number of rotatable bonds is 3. The highest BCUT2D eigenvalue weighted by Crippen LogP contribution is 2.20. The third-order valence-electron chi connectivity index (χ3n) is 4.43. The van der Waals surface area contributed by atoms with Gasteiger partial charge in [0.1, 0.15) is 6.33 Å². The molecule has 5 heteroatoms. The number of aryl methyl sites for hydroxylation is 1. The summed E-state index contributed by atoms with van der Waals surface area (Å²) in [5, 5.41) is 0. The second kappa shape index (κ2) is 7.29. The number of ether oxygens (including phenoxy) is 2. The second-order valence-corrected chi connectivity index (χ2v) is 6.13. The molecule has 0 N–H and O–H groups in total. The molecule has 1 aromatic heterocycles. The van der Waals surface area contributed by atoms with E-state index in [-0.39, 0.29) is 0 Å². The maximum atomic E-state index is 5.81. The fourth-order valence-corrected chi connectivity index (χ4v) is 3.33. The van der Waals surface area contributed by atoms with Crippen LogP contribution in [0.2, 0.25) is 0 Å². The Hall–Kier alpha value is -1.04. The van der Waals surface area contributed by atoms with Crippen molar-refractivity contribution in [1.29, 1.82) is 0 Å². The van der Waals surface area contributed by atoms with Crippen LogP contribution in [0, 0.1) is 12.8 Å². The van der Waals surface area contributed by atoms with E-state index in [0.717, 1.165) is 70.2 Å². The van der Waals surface area contributed by atoms with Gasteiger partial charge in [0.15, 0.2) is 0 Å². The molecule has 116 valence electrons. The molecule has 0 bridgehead atoms. The van der Waals surface area contributed by atoms with Crippen LogP contribution in [0.3, 0.4) is 0 Å². The van der Waals surface area contributed by atoms with Crippen LogP contribution in [0.25, 0.3) is 0 Å². The van der Waals surface area contributed by atoms with E-state index in [1.807, 2.05) is 6.92 Å². The predicted octanol–water partition coefficient (Wildman–Crippen LogP) is 1.45. The molecule has 0 radical (unpaired) electrons. The molecule has 2 fully saturated rings. The molecule has 0 spiro atoms. The summed E-state index contributed by atoms with van der Waals surface area (Å²) in [7, 11) is 0. The molecular formula is C16H25N3O2. The smallest absolute Gasteiger partial charge is 0.115 e. The van der Waals surface area contributed by atoms with Gasteiger partial charge in [-0.1, -0.05) is 0 Å². The SMILES string of the molecule is Cc1cc(CC2COCCN(C3CCOCC3)C2)ncn1. The number of aromatic nitrogens is 2. The monoisotopic (exact) mass is 291 g/mol. The van der Waals surface area contributed by atoms with E-state index in [9.17, 15) is 0 Å². The number of hydrogen-bond acceptors (Lipinski definition) is 5. The Morgan fingerprint density at radius 2 is 2.05 bits per heavy atom. The van der Waals surface area contributed by atoms with Gasteiger partial charge >= 0.3 is 0 Å². The lowest BCUT2D eigenvalue weighted by Gasteiger charge is -2.34. The van der Waals surface area contributed by atoms with E-state index in [1.54, 1.807) is 6.33 Å². The Morgan fingerprint density at radius 3 is 2.86 bits per heavy atom. The van der Waals surface area contributed by atoms with E-state index >= 15 is 0 Å². The van der Waals surface area contributed by atoms with Crippen LogP contribution >= 0.6 is 0 Å². The van der Waals surface area contributed by atoms with Gasteiger partial charge in [-0.15, -0.1) is 0 Å². The maximum Gasteiger partial charge on any atom is 0.115 e. The van der Waals surface area contributed by atoms with Crippen LogP contribution in [0.5, 0.6) is 0 Å². The second-order valence-electron chi connectivity index (χ2n) is 6.13. The fourth-order valence-electron chi connectivity index (χ4n) is 3.33. The van der Waals surface area contributed by atoms with Crippen molar-refractivity contribution in [3.8, 4) is 0 Å². The summed E-state index contributed by atoms with van der Waals surface area (Å²) in [5.41, 5.74) is 2.17. The molecule has 3 rings (SSSR count). The molecule has 0 amide bonds. The van der Waals surface area contributed by atoms with Crippen LogP contribution < -0.4 is 0 Å². The lowest BCUT2D eigenvalue weighted by Crippen LogP contribution is -2.42. The molecule has 21 heavy (non-hydrogen) atoms. The van der Waals surface area contributed by atoms with Crippen molar-refractivity contribution < 1.29 is 9.47 Å². The van der Waals surface area contributed by atoms with Crippen molar-refractivity contribution in [1.82, 2.24) is 14.9 Å². The first-order valence-corrected chi connectivity index (χ1v) is 7.98. The molecule has 0 aliphatic carbocycles. The minimum Gasteiger partial charge on any atom is -0.381 e. The van der Waals surface area contributed by atoms with Gasteiger partial charge in [0.25, 0.3) is 0 Å². The Kier molecular flexibility index (Phi) is 5.17. The maximum absolute atomic E-state index is 5.81. The van der Waals surface area contributed by atoms with Crippen LogP contribution in [0.15, 0.2) is 12.4 Å². The summed E-state index contributed by atoms with van der Waals surface area (Å²) in [6.07, 6.45) is 4.94. The van der Waals surface area contributed by atoms with Gasteiger partial charge in [0.2, 0.25) is 0 Å². The van der Waals surface area contributed by atoms with Crippen molar-refractivity contribution in [2.75, 3.05) is 39.5 Å². The van der Waals surface area contributed by atoms with Gasteiger partial charge in [0.05, 0.1) is 13.2 Å². The zero-order valence-corrected chi connectivity index (χ0v) is 12.8. The minimum absolute atomic E-state index is 0.518. The van der Waals surface area contributed by atoms with Crippen molar-refractivity contribution in [3.63, 3.8) is 0 Å². The van der Waals surface area contributed by atoms with E-state index in [4.69, 9.17) is 9.47 Å². The molecule has 2 aliphatic heterocycles. The van der Waals surface area contributed by atoms with Crippen LogP contribution in [-0.4, -0.2) is 60.4 Å². The first kappa shape index (κ1) is 14.9. The third-order valence-corrected chi connectivity index (χ3v) is 4.43. The molecule has 2 saturated heterocycles. The largest absolute Gasteiger partial charge is 0.381 e. The van der Waals surface area contributed by atoms with E-state index in [2.05, 4.69) is 20.9 Å². The molecule has 1 atom stereocenters. The van der Waals surface area contributed by atoms with Crippen molar-refractivity contribution in [2.45, 2.75) is 32.2 Å². The third kappa shape index (κ3) is 4.22. The van der Waals surface area contributed by atoms with E-state index in [1.165, 1.54) is 0 Å². The van der Waals surface area contributed by atoms with E-state index in [0.29, 0.717) is 12.0 Å². The quantitative estimate of drug-likeness (QED) is 0.843. The van der Waals surface area contributed by atoms with Crippen molar-refractivity contribution in [2.24, 2.45) is 5.92 Å². The summed E-state index contributed by atoms with van der Waals surface area (Å²) in [6, 6.07) is 2.75. The predicted molar refractivity (Wildman–Crippen MR) is 80.2 cm³/mol. The molecule has 0 aromatic carbocycles. The summed E-state index contributed by atoms with van der Waals surface area (Å²) in [6.45, 7) is 7.65. The first-order chi connectivity index (χ1) is 10.3. The fraction of sp³-hybridized carbons (Fsp3) is 0.750. The van der Waals surface area contributed by atoms with Gasteiger partial charge in [-0.25, -0.2) is 9.97 Å². The van der Waals surface area contributed by atoms with Gasteiger partial charge in [-0.05, 0) is 32.3 Å². The molecule has 1 aromatic rings. The summed E-state index contributed by atoms with van der Waals surface area (Å²) in [5.74, 6) is 0.518. The first-order valence-electron chi connectivity index (χ1n) is 7.98. The zero-order chi connectivity index (χ0) is 14.5. The Morgan fingerprint density at radius 1 is 1.19 bits per heavy atom. The topological polar surface area (TPSA) is 47.5 Å². The molecule has 5 nitrogen and oxygen atoms in total. The molecule has 3 heterocycles. The van der Waals surface area contributed by atoms with Crippen molar-refractivity contribution >= 4 is 0 Å². The molecule has 0 saturated carbocycles. The van der Waals surface area contributed by atoms with Gasteiger partial charge in [0, 0.05) is 49.7 Å². The van der Waals surface area contributed by atoms with Crippen LogP contribution in [0.4, 0.5) is 0 Å². The lowest BCUT2D eigenvalue weighted by molar-refractivity contribution is 0.0308. The average molecular weight is 291 g/mol. The standard InChI is InChI=1S/C16H25N3O2/c1-13-8-15(18-12-17-13)9-14-10-19(4-7-21-11-14)16-2-5-20-6-3-16/h8,12,14,16H,2-7,9-11H2,1H3. The summed E-state index contributed by atoms with van der Waals surface area (Å²) < 4.78 is 11.3. The molecule has 2 aliphatic rings. The Balaban J connectivity index is 1.61. The Labute approximate surface area is 126 Å². The normalized spacial score (nSPS) is 25.7.